The van der Waals surface area contributed by atoms with Crippen molar-refractivity contribution in [3.05, 3.63) is 47.5 Å². The number of hydrogen-bond acceptors (Lipinski definition) is 4. The molecule has 0 saturated heterocycles. The third-order valence-corrected chi connectivity index (χ3v) is 6.56. The Morgan fingerprint density at radius 1 is 0.559 bits per heavy atom. The average Bonchev–Trinajstić information content (AvgIpc) is 2.84. The lowest BCUT2D eigenvalue weighted by Crippen LogP contribution is -2.05. The van der Waals surface area contributed by atoms with Gasteiger partial charge in [0.2, 0.25) is 0 Å². The van der Waals surface area contributed by atoms with Gasteiger partial charge in [-0.3, -0.25) is 9.59 Å². The van der Waals surface area contributed by atoms with Crippen LogP contribution < -0.4 is 11.5 Å². The van der Waals surface area contributed by atoms with Gasteiger partial charge in [0, 0.05) is 35.3 Å². The molecule has 2 rings (SSSR count). The largest absolute Gasteiger partial charge is 0.398 e. The van der Waals surface area contributed by atoms with Crippen LogP contribution in [-0.2, 0) is 0 Å². The van der Waals surface area contributed by atoms with Crippen molar-refractivity contribution in [1.82, 2.24) is 0 Å². The average molecular weight is 465 g/mol. The Morgan fingerprint density at radius 2 is 0.912 bits per heavy atom. The summed E-state index contributed by atoms with van der Waals surface area (Å²) in [5.41, 5.74) is 16.2. The molecular weight excluding hydrogens is 420 g/mol. The molecule has 0 unspecified atom stereocenters. The van der Waals surface area contributed by atoms with Crippen LogP contribution in [0.1, 0.15) is 124 Å². The Hall–Kier alpha value is -2.62. The number of rotatable bonds is 17. The number of nitrogen functional groups attached to an aromatic ring is 2. The van der Waals surface area contributed by atoms with Crippen LogP contribution in [0, 0.1) is 0 Å². The molecule has 0 radical (unpaired) electrons. The second kappa shape index (κ2) is 15.3. The molecule has 2 aromatic carbocycles. The molecule has 4 N–H and O–H groups in total. The monoisotopic (exact) mass is 464 g/mol. The lowest BCUT2D eigenvalue weighted by molar-refractivity contribution is 0.0971. The molecule has 0 amide bonds. The SMILES string of the molecule is CCCCCCCCC(=O)c1cc(-c2ccc(N)c(C(=O)CCCCCCCC)c2)ccc1N. The maximum Gasteiger partial charge on any atom is 0.164 e. The summed E-state index contributed by atoms with van der Waals surface area (Å²) in [5, 5.41) is 0. The molecule has 0 saturated carbocycles. The number of nitrogens with two attached hydrogens (primary N) is 2. The van der Waals surface area contributed by atoms with Gasteiger partial charge in [0.1, 0.15) is 0 Å². The lowest BCUT2D eigenvalue weighted by atomic mass is 9.94. The molecule has 0 bridgehead atoms. The van der Waals surface area contributed by atoms with E-state index in [-0.39, 0.29) is 11.6 Å². The summed E-state index contributed by atoms with van der Waals surface area (Å²) in [7, 11) is 0. The number of carbonyl (C=O) groups is 2. The first kappa shape index (κ1) is 27.6. The quantitative estimate of drug-likeness (QED) is 0.140. The van der Waals surface area contributed by atoms with Crippen LogP contribution in [-0.4, -0.2) is 11.6 Å². The van der Waals surface area contributed by atoms with Gasteiger partial charge in [-0.25, -0.2) is 0 Å². The predicted molar refractivity (Wildman–Crippen MR) is 145 cm³/mol. The molecular formula is C30H44N2O2. The summed E-state index contributed by atoms with van der Waals surface area (Å²) in [6.45, 7) is 4.41. The Morgan fingerprint density at radius 3 is 1.29 bits per heavy atom. The molecule has 0 aliphatic carbocycles. The van der Waals surface area contributed by atoms with Crippen molar-refractivity contribution < 1.29 is 9.59 Å². The summed E-state index contributed by atoms with van der Waals surface area (Å²) in [5.74, 6) is 0.175. The zero-order chi connectivity index (χ0) is 24.8. The highest BCUT2D eigenvalue weighted by molar-refractivity contribution is 6.03. The molecule has 2 aromatic rings. The number of Topliss-reactive ketones (excluding diaryl/α,β-unsaturated/α-hetero) is 2. The van der Waals surface area contributed by atoms with Gasteiger partial charge < -0.3 is 11.5 Å². The third-order valence-electron chi connectivity index (χ3n) is 6.56. The van der Waals surface area contributed by atoms with E-state index in [4.69, 9.17) is 11.5 Å². The molecule has 0 spiro atoms. The lowest BCUT2D eigenvalue weighted by Gasteiger charge is -2.11. The van der Waals surface area contributed by atoms with E-state index in [0.717, 1.165) is 36.8 Å². The van der Waals surface area contributed by atoms with Gasteiger partial charge in [-0.1, -0.05) is 90.2 Å². The van der Waals surface area contributed by atoms with Crippen molar-refractivity contribution in [1.29, 1.82) is 0 Å². The predicted octanol–water partition coefficient (Wildman–Crippen LogP) is 8.38. The minimum atomic E-state index is 0.0876. The molecule has 0 aromatic heterocycles. The minimum Gasteiger partial charge on any atom is -0.398 e. The highest BCUT2D eigenvalue weighted by atomic mass is 16.1. The first-order valence-electron chi connectivity index (χ1n) is 13.3. The number of unbranched alkanes of at least 4 members (excludes halogenated alkanes) is 10. The molecule has 186 valence electrons. The zero-order valence-electron chi connectivity index (χ0n) is 21.3. The summed E-state index contributed by atoms with van der Waals surface area (Å²) >= 11 is 0. The highest BCUT2D eigenvalue weighted by Crippen LogP contribution is 2.29. The van der Waals surface area contributed by atoms with Gasteiger partial charge in [0.15, 0.2) is 11.6 Å². The first-order valence-corrected chi connectivity index (χ1v) is 13.3. The molecule has 4 heteroatoms. The summed E-state index contributed by atoms with van der Waals surface area (Å²) < 4.78 is 0. The highest BCUT2D eigenvalue weighted by Gasteiger charge is 2.14. The molecule has 0 fully saturated rings. The van der Waals surface area contributed by atoms with E-state index in [1.54, 1.807) is 12.1 Å². The Labute approximate surface area is 206 Å². The van der Waals surface area contributed by atoms with Crippen molar-refractivity contribution in [3.63, 3.8) is 0 Å². The van der Waals surface area contributed by atoms with Gasteiger partial charge >= 0.3 is 0 Å². The number of anilines is 2. The van der Waals surface area contributed by atoms with Crippen LogP contribution >= 0.6 is 0 Å². The fourth-order valence-corrected chi connectivity index (χ4v) is 4.36. The van der Waals surface area contributed by atoms with Gasteiger partial charge in [-0.05, 0) is 48.2 Å². The minimum absolute atomic E-state index is 0.0876. The molecule has 0 heterocycles. The number of ketones is 2. The van der Waals surface area contributed by atoms with Crippen molar-refractivity contribution >= 4 is 22.9 Å². The smallest absolute Gasteiger partial charge is 0.164 e. The van der Waals surface area contributed by atoms with Crippen LogP contribution in [0.2, 0.25) is 0 Å². The van der Waals surface area contributed by atoms with Gasteiger partial charge in [-0.2, -0.15) is 0 Å². The van der Waals surface area contributed by atoms with E-state index in [2.05, 4.69) is 13.8 Å². The number of hydrogen-bond donors (Lipinski definition) is 2. The van der Waals surface area contributed by atoms with Crippen LogP contribution in [0.15, 0.2) is 36.4 Å². The first-order chi connectivity index (χ1) is 16.5. The van der Waals surface area contributed by atoms with Crippen molar-refractivity contribution in [3.8, 4) is 11.1 Å². The molecule has 0 aliphatic heterocycles. The molecule has 0 atom stereocenters. The normalized spacial score (nSPS) is 11.0. The number of benzene rings is 2. The van der Waals surface area contributed by atoms with E-state index < -0.39 is 0 Å². The van der Waals surface area contributed by atoms with E-state index in [1.807, 2.05) is 24.3 Å². The fourth-order valence-electron chi connectivity index (χ4n) is 4.36. The van der Waals surface area contributed by atoms with E-state index in [0.29, 0.717) is 35.3 Å². The zero-order valence-corrected chi connectivity index (χ0v) is 21.3. The second-order valence-corrected chi connectivity index (χ2v) is 9.49. The fraction of sp³-hybridized carbons (Fsp3) is 0.533. The van der Waals surface area contributed by atoms with Gasteiger partial charge in [-0.15, -0.1) is 0 Å². The van der Waals surface area contributed by atoms with Gasteiger partial charge in [0.25, 0.3) is 0 Å². The topological polar surface area (TPSA) is 86.2 Å². The Kier molecular flexibility index (Phi) is 12.4. The maximum absolute atomic E-state index is 12.8. The Bertz CT molecular complexity index is 845. The summed E-state index contributed by atoms with van der Waals surface area (Å²) in [6.07, 6.45) is 14.8. The van der Waals surface area contributed by atoms with Crippen molar-refractivity contribution in [2.75, 3.05) is 11.5 Å². The summed E-state index contributed by atoms with van der Waals surface area (Å²) in [4.78, 5) is 25.7. The van der Waals surface area contributed by atoms with Gasteiger partial charge in [0.05, 0.1) is 0 Å². The number of carbonyl (C=O) groups excluding carboxylic acids is 2. The Balaban J connectivity index is 2.03. The van der Waals surface area contributed by atoms with Crippen LogP contribution in [0.4, 0.5) is 11.4 Å². The van der Waals surface area contributed by atoms with E-state index in [1.165, 1.54) is 51.4 Å². The van der Waals surface area contributed by atoms with Crippen LogP contribution in [0.3, 0.4) is 0 Å². The molecule has 4 nitrogen and oxygen atoms in total. The van der Waals surface area contributed by atoms with Crippen LogP contribution in [0.25, 0.3) is 11.1 Å². The van der Waals surface area contributed by atoms with Crippen molar-refractivity contribution in [2.24, 2.45) is 0 Å². The van der Waals surface area contributed by atoms with E-state index >= 15 is 0 Å². The molecule has 34 heavy (non-hydrogen) atoms. The standard InChI is InChI=1S/C30H44N2O2/c1-3-5-7-9-11-13-15-29(33)25-21-23(17-19-27(25)31)24-18-20-28(32)26(22-24)30(34)16-14-12-10-8-6-4-2/h17-22H,3-16,31-32H2,1-2H3. The third kappa shape index (κ3) is 8.96. The summed E-state index contributed by atoms with van der Waals surface area (Å²) in [6, 6.07) is 11.1. The second-order valence-electron chi connectivity index (χ2n) is 9.49. The maximum atomic E-state index is 12.8. The van der Waals surface area contributed by atoms with Crippen LogP contribution in [0.5, 0.6) is 0 Å². The van der Waals surface area contributed by atoms with E-state index in [9.17, 15) is 9.59 Å². The van der Waals surface area contributed by atoms with Crippen molar-refractivity contribution in [2.45, 2.75) is 104 Å². The molecule has 0 aliphatic rings.